The summed E-state index contributed by atoms with van der Waals surface area (Å²) >= 11 is 0. The summed E-state index contributed by atoms with van der Waals surface area (Å²) < 4.78 is 5.50. The summed E-state index contributed by atoms with van der Waals surface area (Å²) in [7, 11) is 0. The van der Waals surface area contributed by atoms with E-state index >= 15 is 0 Å². The Morgan fingerprint density at radius 2 is 2.38 bits per heavy atom. The number of rotatable bonds is 5. The number of H-pyrrole nitrogens is 1. The number of nitrogens with zero attached hydrogens (tertiary/aromatic N) is 3. The van der Waals surface area contributed by atoms with Crippen LogP contribution in [0.5, 0.6) is 5.88 Å². The summed E-state index contributed by atoms with van der Waals surface area (Å²) in [6.45, 7) is 3.80. The SMILES string of the molecule is CC(C)Oc1cnc2[nH]cc(CC=C(C#N)C(N)=O)c2n1. The molecule has 2 heterocycles. The highest BCUT2D eigenvalue weighted by Gasteiger charge is 2.10. The van der Waals surface area contributed by atoms with Crippen LogP contribution in [0.15, 0.2) is 24.0 Å². The van der Waals surface area contributed by atoms with Crippen LogP contribution in [0.3, 0.4) is 0 Å². The molecular weight excluding hydrogens is 270 g/mol. The predicted molar refractivity (Wildman–Crippen MR) is 76.2 cm³/mol. The average molecular weight is 285 g/mol. The molecule has 0 aliphatic rings. The van der Waals surface area contributed by atoms with Crippen molar-refractivity contribution in [2.75, 3.05) is 0 Å². The molecule has 2 rings (SSSR count). The number of amides is 1. The summed E-state index contributed by atoms with van der Waals surface area (Å²) in [6, 6.07) is 1.77. The molecule has 0 spiro atoms. The molecule has 0 saturated heterocycles. The van der Waals surface area contributed by atoms with Gasteiger partial charge in [0, 0.05) is 11.8 Å². The van der Waals surface area contributed by atoms with E-state index < -0.39 is 5.91 Å². The van der Waals surface area contributed by atoms with Crippen LogP contribution in [0.4, 0.5) is 0 Å². The topological polar surface area (TPSA) is 118 Å². The first-order valence-electron chi connectivity index (χ1n) is 6.41. The van der Waals surface area contributed by atoms with Crippen LogP contribution in [0.25, 0.3) is 11.2 Å². The lowest BCUT2D eigenvalue weighted by atomic mass is 10.1. The number of ether oxygens (including phenoxy) is 1. The lowest BCUT2D eigenvalue weighted by molar-refractivity contribution is -0.114. The quantitative estimate of drug-likeness (QED) is 0.632. The van der Waals surface area contributed by atoms with Gasteiger partial charge in [-0.2, -0.15) is 5.26 Å². The van der Waals surface area contributed by atoms with Gasteiger partial charge in [0.15, 0.2) is 5.65 Å². The van der Waals surface area contributed by atoms with Crippen molar-refractivity contribution in [3.05, 3.63) is 29.6 Å². The molecule has 7 heteroatoms. The molecule has 0 aliphatic heterocycles. The molecule has 0 aliphatic carbocycles. The van der Waals surface area contributed by atoms with Crippen LogP contribution in [0.1, 0.15) is 19.4 Å². The predicted octanol–water partition coefficient (Wildman–Crippen LogP) is 1.22. The van der Waals surface area contributed by atoms with E-state index in [2.05, 4.69) is 15.0 Å². The molecule has 0 unspecified atom stereocenters. The maximum atomic E-state index is 11.0. The van der Waals surface area contributed by atoms with Crippen LogP contribution in [-0.4, -0.2) is 27.0 Å². The molecule has 0 atom stereocenters. The van der Waals surface area contributed by atoms with Crippen molar-refractivity contribution in [1.29, 1.82) is 5.26 Å². The van der Waals surface area contributed by atoms with Crippen molar-refractivity contribution in [1.82, 2.24) is 15.0 Å². The van der Waals surface area contributed by atoms with Gasteiger partial charge in [0.05, 0.1) is 12.3 Å². The van der Waals surface area contributed by atoms with Gasteiger partial charge >= 0.3 is 0 Å². The zero-order valence-corrected chi connectivity index (χ0v) is 11.8. The van der Waals surface area contributed by atoms with E-state index in [1.54, 1.807) is 18.5 Å². The van der Waals surface area contributed by atoms with Gasteiger partial charge in [-0.1, -0.05) is 6.08 Å². The number of fused-ring (bicyclic) bond motifs is 1. The Morgan fingerprint density at radius 3 is 3.00 bits per heavy atom. The molecule has 2 aromatic rings. The van der Waals surface area contributed by atoms with Gasteiger partial charge in [-0.25, -0.2) is 9.97 Å². The van der Waals surface area contributed by atoms with E-state index in [4.69, 9.17) is 15.7 Å². The van der Waals surface area contributed by atoms with Gasteiger partial charge in [-0.15, -0.1) is 0 Å². The number of nitrogens with two attached hydrogens (primary N) is 1. The van der Waals surface area contributed by atoms with E-state index in [1.165, 1.54) is 6.08 Å². The zero-order chi connectivity index (χ0) is 15.4. The van der Waals surface area contributed by atoms with Gasteiger partial charge in [0.1, 0.15) is 17.2 Å². The molecule has 21 heavy (non-hydrogen) atoms. The molecule has 1 amide bonds. The number of nitrogens with one attached hydrogen (secondary N) is 1. The zero-order valence-electron chi connectivity index (χ0n) is 11.8. The molecule has 3 N–H and O–H groups in total. The molecule has 7 nitrogen and oxygen atoms in total. The van der Waals surface area contributed by atoms with Crippen molar-refractivity contribution >= 4 is 17.1 Å². The fourth-order valence-electron chi connectivity index (χ4n) is 1.79. The van der Waals surface area contributed by atoms with Crippen LogP contribution in [-0.2, 0) is 11.2 Å². The minimum absolute atomic E-state index is 0.000842. The summed E-state index contributed by atoms with van der Waals surface area (Å²) in [5.74, 6) is -0.315. The fourth-order valence-corrected chi connectivity index (χ4v) is 1.79. The standard InChI is InChI=1S/C14H15N5O2/c1-8(2)21-11-7-18-14-12(19-11)10(6-17-14)4-3-9(5-15)13(16)20/h3,6-8H,4H2,1-2H3,(H2,16,20)(H,17,18). The Labute approximate surface area is 121 Å². The third-order valence-electron chi connectivity index (χ3n) is 2.71. The van der Waals surface area contributed by atoms with Crippen LogP contribution in [0, 0.1) is 11.3 Å². The maximum Gasteiger partial charge on any atom is 0.259 e. The van der Waals surface area contributed by atoms with Crippen LogP contribution in [0.2, 0.25) is 0 Å². The van der Waals surface area contributed by atoms with Gasteiger partial charge in [0.2, 0.25) is 5.88 Å². The number of allylic oxidation sites excluding steroid dienone is 1. The van der Waals surface area contributed by atoms with E-state index in [-0.39, 0.29) is 11.7 Å². The third kappa shape index (κ3) is 3.36. The first kappa shape index (κ1) is 14.5. The van der Waals surface area contributed by atoms with E-state index in [0.717, 1.165) is 5.56 Å². The molecule has 0 aromatic carbocycles. The molecule has 0 fully saturated rings. The van der Waals surface area contributed by atoms with Gasteiger partial charge < -0.3 is 15.5 Å². The Balaban J connectivity index is 2.32. The average Bonchev–Trinajstić information content (AvgIpc) is 2.81. The molecule has 0 bridgehead atoms. The number of primary amides is 1. The Hall–Kier alpha value is -2.88. The van der Waals surface area contributed by atoms with E-state index in [9.17, 15) is 4.79 Å². The number of hydrogen-bond donors (Lipinski definition) is 2. The Morgan fingerprint density at radius 1 is 1.62 bits per heavy atom. The van der Waals surface area contributed by atoms with Gasteiger partial charge in [0.25, 0.3) is 5.91 Å². The van der Waals surface area contributed by atoms with Crippen molar-refractivity contribution in [3.63, 3.8) is 0 Å². The largest absolute Gasteiger partial charge is 0.474 e. The lowest BCUT2D eigenvalue weighted by Crippen LogP contribution is -2.12. The summed E-state index contributed by atoms with van der Waals surface area (Å²) in [5, 5.41) is 8.81. The number of aromatic nitrogens is 3. The fraction of sp³-hybridized carbons (Fsp3) is 0.286. The van der Waals surface area contributed by atoms with Crippen molar-refractivity contribution in [2.24, 2.45) is 5.73 Å². The highest BCUT2D eigenvalue weighted by molar-refractivity contribution is 5.95. The summed E-state index contributed by atoms with van der Waals surface area (Å²) in [6.07, 6.45) is 5.10. The van der Waals surface area contributed by atoms with Crippen LogP contribution < -0.4 is 10.5 Å². The number of carbonyl (C=O) groups is 1. The first-order chi connectivity index (χ1) is 10.0. The highest BCUT2D eigenvalue weighted by Crippen LogP contribution is 2.19. The molecule has 2 aromatic heterocycles. The summed E-state index contributed by atoms with van der Waals surface area (Å²) in [4.78, 5) is 22.6. The molecule has 0 radical (unpaired) electrons. The second-order valence-corrected chi connectivity index (χ2v) is 4.68. The van der Waals surface area contributed by atoms with Crippen LogP contribution >= 0.6 is 0 Å². The second-order valence-electron chi connectivity index (χ2n) is 4.68. The van der Waals surface area contributed by atoms with E-state index in [1.807, 2.05) is 13.8 Å². The third-order valence-corrected chi connectivity index (χ3v) is 2.71. The molecular formula is C14H15N5O2. The van der Waals surface area contributed by atoms with Crippen molar-refractivity contribution in [2.45, 2.75) is 26.4 Å². The Kier molecular flexibility index (Phi) is 4.18. The minimum Gasteiger partial charge on any atom is -0.474 e. The Bertz CT molecular complexity index is 739. The molecule has 108 valence electrons. The minimum atomic E-state index is -0.743. The van der Waals surface area contributed by atoms with Crippen molar-refractivity contribution < 1.29 is 9.53 Å². The molecule has 0 saturated carbocycles. The number of hydrogen-bond acceptors (Lipinski definition) is 5. The number of nitriles is 1. The first-order valence-corrected chi connectivity index (χ1v) is 6.41. The van der Waals surface area contributed by atoms with Gasteiger partial charge in [-0.3, -0.25) is 4.79 Å². The van der Waals surface area contributed by atoms with Crippen molar-refractivity contribution in [3.8, 4) is 11.9 Å². The monoisotopic (exact) mass is 285 g/mol. The normalized spacial score (nSPS) is 11.6. The lowest BCUT2D eigenvalue weighted by Gasteiger charge is -2.07. The smallest absolute Gasteiger partial charge is 0.259 e. The number of carbonyl (C=O) groups excluding carboxylic acids is 1. The second kappa shape index (κ2) is 6.05. The van der Waals surface area contributed by atoms with Gasteiger partial charge in [-0.05, 0) is 20.3 Å². The maximum absolute atomic E-state index is 11.0. The van der Waals surface area contributed by atoms with E-state index in [0.29, 0.717) is 23.5 Å². The number of aromatic amines is 1. The highest BCUT2D eigenvalue weighted by atomic mass is 16.5. The summed E-state index contributed by atoms with van der Waals surface area (Å²) in [5.41, 5.74) is 7.08.